The molecule has 0 atom stereocenters. The molecule has 0 aliphatic heterocycles. The van der Waals surface area contributed by atoms with Crippen LogP contribution in [-0.2, 0) is 9.59 Å². The van der Waals surface area contributed by atoms with Crippen molar-refractivity contribution in [2.75, 3.05) is 27.2 Å². The highest BCUT2D eigenvalue weighted by Gasteiger charge is 2.41. The van der Waals surface area contributed by atoms with E-state index in [0.29, 0.717) is 19.5 Å². The Hall–Kier alpha value is -0.810. The number of nitrogens with one attached hydrogen (secondary N) is 1. The highest BCUT2D eigenvalue weighted by molar-refractivity contribution is 5.85. The molecule has 1 saturated carbocycles. The number of hydrogen-bond donors (Lipinski definition) is 2. The predicted molar refractivity (Wildman–Crippen MR) is 73.5 cm³/mol. The molecule has 1 fully saturated rings. The number of nitrogens with two attached hydrogens (primary N) is 1. The Labute approximate surface area is 115 Å². The fourth-order valence-corrected chi connectivity index (χ4v) is 2.46. The van der Waals surface area contributed by atoms with E-state index in [9.17, 15) is 9.59 Å². The van der Waals surface area contributed by atoms with Gasteiger partial charge in [0.1, 0.15) is 0 Å². The normalized spacial score (nSPS) is 16.8. The largest absolute Gasteiger partial charge is 0.359 e. The molecule has 0 radical (unpaired) electrons. The SMILES string of the molecule is CNC(=O)CCN(C)C(=O)C1(CN)CCCC1.Cl. The summed E-state index contributed by atoms with van der Waals surface area (Å²) in [6.45, 7) is 0.871. The Balaban J connectivity index is 0.00000289. The zero-order valence-corrected chi connectivity index (χ0v) is 12.0. The molecule has 6 heteroatoms. The van der Waals surface area contributed by atoms with E-state index < -0.39 is 0 Å². The van der Waals surface area contributed by atoms with Gasteiger partial charge in [0.2, 0.25) is 11.8 Å². The van der Waals surface area contributed by atoms with E-state index in [0.717, 1.165) is 25.7 Å². The van der Waals surface area contributed by atoms with Crippen molar-refractivity contribution in [1.82, 2.24) is 10.2 Å². The van der Waals surface area contributed by atoms with Crippen molar-refractivity contribution in [3.8, 4) is 0 Å². The van der Waals surface area contributed by atoms with Gasteiger partial charge in [0, 0.05) is 33.6 Å². The maximum atomic E-state index is 12.3. The summed E-state index contributed by atoms with van der Waals surface area (Å²) in [6.07, 6.45) is 4.26. The van der Waals surface area contributed by atoms with Gasteiger partial charge in [-0.05, 0) is 12.8 Å². The molecule has 3 N–H and O–H groups in total. The fourth-order valence-electron chi connectivity index (χ4n) is 2.46. The van der Waals surface area contributed by atoms with Crippen molar-refractivity contribution in [1.29, 1.82) is 0 Å². The third-order valence-electron chi connectivity index (χ3n) is 3.70. The van der Waals surface area contributed by atoms with Gasteiger partial charge < -0.3 is 16.0 Å². The summed E-state index contributed by atoms with van der Waals surface area (Å²) in [7, 11) is 3.35. The van der Waals surface area contributed by atoms with Crippen molar-refractivity contribution in [3.05, 3.63) is 0 Å². The van der Waals surface area contributed by atoms with Crippen LogP contribution in [0.25, 0.3) is 0 Å². The molecule has 1 aliphatic rings. The van der Waals surface area contributed by atoms with E-state index >= 15 is 0 Å². The lowest BCUT2D eigenvalue weighted by Gasteiger charge is -2.31. The van der Waals surface area contributed by atoms with Gasteiger partial charge in [-0.2, -0.15) is 0 Å². The quantitative estimate of drug-likeness (QED) is 0.769. The molecule has 0 aromatic heterocycles. The molecule has 0 saturated heterocycles. The number of nitrogens with zero attached hydrogens (tertiary/aromatic N) is 1. The monoisotopic (exact) mass is 277 g/mol. The van der Waals surface area contributed by atoms with Crippen molar-refractivity contribution < 1.29 is 9.59 Å². The molecule has 106 valence electrons. The first-order valence-corrected chi connectivity index (χ1v) is 6.22. The van der Waals surface area contributed by atoms with Gasteiger partial charge in [0.25, 0.3) is 0 Å². The first kappa shape index (κ1) is 17.2. The van der Waals surface area contributed by atoms with Crippen LogP contribution in [0.4, 0.5) is 0 Å². The average Bonchev–Trinajstić information content (AvgIpc) is 2.84. The van der Waals surface area contributed by atoms with Crippen LogP contribution in [0.1, 0.15) is 32.1 Å². The zero-order valence-electron chi connectivity index (χ0n) is 11.2. The lowest BCUT2D eigenvalue weighted by molar-refractivity contribution is -0.140. The lowest BCUT2D eigenvalue weighted by atomic mass is 9.84. The van der Waals surface area contributed by atoms with E-state index in [1.165, 1.54) is 0 Å². The predicted octanol–water partition coefficient (Wildman–Crippen LogP) is 0.522. The zero-order chi connectivity index (χ0) is 12.9. The van der Waals surface area contributed by atoms with Gasteiger partial charge >= 0.3 is 0 Å². The minimum absolute atomic E-state index is 0. The lowest BCUT2D eigenvalue weighted by Crippen LogP contribution is -2.45. The highest BCUT2D eigenvalue weighted by Crippen LogP contribution is 2.38. The molecule has 1 rings (SSSR count). The second kappa shape index (κ2) is 7.59. The maximum absolute atomic E-state index is 12.3. The van der Waals surface area contributed by atoms with Crippen LogP contribution in [-0.4, -0.2) is 43.9 Å². The molecular weight excluding hydrogens is 254 g/mol. The molecule has 5 nitrogen and oxygen atoms in total. The summed E-state index contributed by atoms with van der Waals surface area (Å²) < 4.78 is 0. The van der Waals surface area contributed by atoms with Gasteiger partial charge in [-0.15, -0.1) is 12.4 Å². The Bertz CT molecular complexity index is 291. The standard InChI is InChI=1S/C12H23N3O2.ClH/c1-14-10(16)5-8-15(2)11(17)12(9-13)6-3-4-7-12;/h3-9,13H2,1-2H3,(H,14,16);1H. The first-order chi connectivity index (χ1) is 8.05. The minimum atomic E-state index is -0.364. The molecule has 18 heavy (non-hydrogen) atoms. The summed E-state index contributed by atoms with van der Waals surface area (Å²) in [6, 6.07) is 0. The summed E-state index contributed by atoms with van der Waals surface area (Å²) in [5.74, 6) is 0.0549. The topological polar surface area (TPSA) is 75.4 Å². The number of carbonyl (C=O) groups excluding carboxylic acids is 2. The minimum Gasteiger partial charge on any atom is -0.359 e. The van der Waals surface area contributed by atoms with Gasteiger partial charge in [-0.25, -0.2) is 0 Å². The van der Waals surface area contributed by atoms with Gasteiger partial charge in [0.15, 0.2) is 0 Å². The van der Waals surface area contributed by atoms with E-state index in [1.54, 1.807) is 19.0 Å². The number of amides is 2. The van der Waals surface area contributed by atoms with E-state index in [4.69, 9.17) is 5.73 Å². The number of hydrogen-bond acceptors (Lipinski definition) is 3. The van der Waals surface area contributed by atoms with E-state index in [1.807, 2.05) is 0 Å². The Morgan fingerprint density at radius 1 is 1.33 bits per heavy atom. The number of rotatable bonds is 5. The summed E-state index contributed by atoms with van der Waals surface area (Å²) in [5.41, 5.74) is 5.40. The molecule has 0 aromatic carbocycles. The molecular formula is C12H24ClN3O2. The van der Waals surface area contributed by atoms with Crippen LogP contribution in [0.3, 0.4) is 0 Å². The summed E-state index contributed by atoms with van der Waals surface area (Å²) in [4.78, 5) is 25.1. The van der Waals surface area contributed by atoms with Crippen LogP contribution < -0.4 is 11.1 Å². The molecule has 0 spiro atoms. The third kappa shape index (κ3) is 3.85. The molecule has 2 amide bonds. The number of carbonyl (C=O) groups is 2. The second-order valence-corrected chi connectivity index (χ2v) is 4.84. The van der Waals surface area contributed by atoms with E-state index in [2.05, 4.69) is 5.32 Å². The van der Waals surface area contributed by atoms with Crippen molar-refractivity contribution in [2.45, 2.75) is 32.1 Å². The number of halogens is 1. The van der Waals surface area contributed by atoms with E-state index in [-0.39, 0.29) is 29.6 Å². The summed E-state index contributed by atoms with van der Waals surface area (Å²) in [5, 5.41) is 2.55. The van der Waals surface area contributed by atoms with Gasteiger partial charge in [0.05, 0.1) is 5.41 Å². The van der Waals surface area contributed by atoms with Gasteiger partial charge in [-0.3, -0.25) is 9.59 Å². The Morgan fingerprint density at radius 3 is 2.33 bits per heavy atom. The van der Waals surface area contributed by atoms with Crippen LogP contribution in [0.2, 0.25) is 0 Å². The Kier molecular flexibility index (Phi) is 7.25. The molecule has 1 aliphatic carbocycles. The maximum Gasteiger partial charge on any atom is 0.229 e. The Morgan fingerprint density at radius 2 is 1.89 bits per heavy atom. The fraction of sp³-hybridized carbons (Fsp3) is 0.833. The first-order valence-electron chi connectivity index (χ1n) is 6.22. The van der Waals surface area contributed by atoms with Crippen LogP contribution in [0, 0.1) is 5.41 Å². The van der Waals surface area contributed by atoms with Crippen LogP contribution >= 0.6 is 12.4 Å². The molecule has 0 heterocycles. The average molecular weight is 278 g/mol. The third-order valence-corrected chi connectivity index (χ3v) is 3.70. The van der Waals surface area contributed by atoms with Crippen molar-refractivity contribution >= 4 is 24.2 Å². The second-order valence-electron chi connectivity index (χ2n) is 4.84. The van der Waals surface area contributed by atoms with Crippen molar-refractivity contribution in [3.63, 3.8) is 0 Å². The molecule has 0 unspecified atom stereocenters. The van der Waals surface area contributed by atoms with Crippen LogP contribution in [0.15, 0.2) is 0 Å². The molecule has 0 bridgehead atoms. The van der Waals surface area contributed by atoms with Gasteiger partial charge in [-0.1, -0.05) is 12.8 Å². The van der Waals surface area contributed by atoms with Crippen molar-refractivity contribution in [2.24, 2.45) is 11.1 Å². The summed E-state index contributed by atoms with van der Waals surface area (Å²) >= 11 is 0. The highest BCUT2D eigenvalue weighted by atomic mass is 35.5. The van der Waals surface area contributed by atoms with Crippen LogP contribution in [0.5, 0.6) is 0 Å². The smallest absolute Gasteiger partial charge is 0.229 e. The molecule has 0 aromatic rings.